The molecule has 1 heterocycles. The van der Waals surface area contributed by atoms with Crippen LogP contribution in [0.15, 0.2) is 41.8 Å². The highest BCUT2D eigenvalue weighted by Crippen LogP contribution is 2.23. The Morgan fingerprint density at radius 2 is 2.15 bits per heavy atom. The first-order valence-corrected chi connectivity index (χ1v) is 7.48. The summed E-state index contributed by atoms with van der Waals surface area (Å²) >= 11 is 1.72. The van der Waals surface area contributed by atoms with Crippen LogP contribution < -0.4 is 0 Å². The molecule has 1 unspecified atom stereocenters. The molecule has 0 radical (unpaired) electrons. The summed E-state index contributed by atoms with van der Waals surface area (Å²) in [6.45, 7) is 2.78. The van der Waals surface area contributed by atoms with Gasteiger partial charge in [0.05, 0.1) is 0 Å². The normalized spacial score (nSPS) is 12.6. The molecule has 0 N–H and O–H groups in total. The van der Waals surface area contributed by atoms with Gasteiger partial charge in [-0.15, -0.1) is 11.3 Å². The van der Waals surface area contributed by atoms with Gasteiger partial charge in [0.25, 0.3) is 0 Å². The van der Waals surface area contributed by atoms with Crippen LogP contribution in [0.25, 0.3) is 0 Å². The van der Waals surface area contributed by atoms with Crippen molar-refractivity contribution in [3.63, 3.8) is 0 Å². The molecule has 1 aromatic carbocycles. The third-order valence-electron chi connectivity index (χ3n) is 3.45. The molecule has 0 amide bonds. The SMILES string of the molecule is CC(c1cccs1)N(C)CCC(=O)c1cccc(F)c1. The summed E-state index contributed by atoms with van der Waals surface area (Å²) < 4.78 is 13.1. The molecule has 2 aromatic rings. The quantitative estimate of drug-likeness (QED) is 0.745. The molecular weight excluding hydrogens is 273 g/mol. The van der Waals surface area contributed by atoms with Gasteiger partial charge >= 0.3 is 0 Å². The van der Waals surface area contributed by atoms with Crippen LogP contribution in [0.2, 0.25) is 0 Å². The fourth-order valence-electron chi connectivity index (χ4n) is 2.02. The molecule has 0 aliphatic heterocycles. The number of halogens is 1. The largest absolute Gasteiger partial charge is 0.298 e. The summed E-state index contributed by atoms with van der Waals surface area (Å²) in [7, 11) is 2.00. The highest BCUT2D eigenvalue weighted by Gasteiger charge is 2.14. The number of benzene rings is 1. The maximum Gasteiger partial charge on any atom is 0.164 e. The average Bonchev–Trinajstić information content (AvgIpc) is 2.97. The van der Waals surface area contributed by atoms with Crippen LogP contribution in [0.4, 0.5) is 4.39 Å². The second-order valence-corrected chi connectivity index (χ2v) is 5.83. The van der Waals surface area contributed by atoms with E-state index >= 15 is 0 Å². The topological polar surface area (TPSA) is 20.3 Å². The van der Waals surface area contributed by atoms with Crippen LogP contribution >= 0.6 is 11.3 Å². The molecule has 0 spiro atoms. The molecule has 106 valence electrons. The van der Waals surface area contributed by atoms with Gasteiger partial charge in [0.15, 0.2) is 5.78 Å². The molecule has 2 nitrogen and oxygen atoms in total. The predicted octanol–water partition coefficient (Wildman–Crippen LogP) is 4.15. The first kappa shape index (κ1) is 14.9. The zero-order valence-corrected chi connectivity index (χ0v) is 12.5. The minimum absolute atomic E-state index is 0.0188. The van der Waals surface area contributed by atoms with Gasteiger partial charge in [-0.2, -0.15) is 0 Å². The van der Waals surface area contributed by atoms with Gasteiger partial charge in [-0.1, -0.05) is 18.2 Å². The molecule has 2 rings (SSSR count). The van der Waals surface area contributed by atoms with Crippen molar-refractivity contribution < 1.29 is 9.18 Å². The Morgan fingerprint density at radius 1 is 1.35 bits per heavy atom. The van der Waals surface area contributed by atoms with Crippen LogP contribution in [0, 0.1) is 5.82 Å². The van der Waals surface area contributed by atoms with Crippen LogP contribution in [0.1, 0.15) is 34.6 Å². The van der Waals surface area contributed by atoms with Gasteiger partial charge in [-0.3, -0.25) is 9.69 Å². The van der Waals surface area contributed by atoms with E-state index in [1.807, 2.05) is 13.1 Å². The van der Waals surface area contributed by atoms with Gasteiger partial charge in [-0.25, -0.2) is 4.39 Å². The van der Waals surface area contributed by atoms with Gasteiger partial charge in [0.2, 0.25) is 0 Å². The summed E-state index contributed by atoms with van der Waals surface area (Å²) in [5, 5.41) is 2.05. The van der Waals surface area contributed by atoms with E-state index < -0.39 is 0 Å². The molecule has 4 heteroatoms. The minimum atomic E-state index is -0.365. The molecule has 0 bridgehead atoms. The lowest BCUT2D eigenvalue weighted by atomic mass is 10.1. The molecule has 1 atom stereocenters. The molecular formula is C16H18FNOS. The van der Waals surface area contributed by atoms with Crippen LogP contribution in [-0.4, -0.2) is 24.3 Å². The molecule has 0 saturated carbocycles. The summed E-state index contributed by atoms with van der Waals surface area (Å²) in [5.74, 6) is -0.383. The second-order valence-electron chi connectivity index (χ2n) is 4.86. The summed E-state index contributed by atoms with van der Waals surface area (Å²) in [6, 6.07) is 10.3. The number of rotatable bonds is 6. The molecule has 0 fully saturated rings. The molecule has 0 saturated heterocycles. The molecule has 0 aliphatic rings. The van der Waals surface area contributed by atoms with Crippen molar-refractivity contribution in [2.75, 3.05) is 13.6 Å². The Kier molecular flexibility index (Phi) is 5.04. The number of thiophene rings is 1. The number of carbonyl (C=O) groups excluding carboxylic acids is 1. The number of Topliss-reactive ketones (excluding diaryl/α,β-unsaturated/α-hetero) is 1. The first-order chi connectivity index (χ1) is 9.58. The predicted molar refractivity (Wildman–Crippen MR) is 80.7 cm³/mol. The summed E-state index contributed by atoms with van der Waals surface area (Å²) in [5.41, 5.74) is 0.446. The van der Waals surface area contributed by atoms with Crippen LogP contribution in [0.3, 0.4) is 0 Å². The standard InChI is InChI=1S/C16H18FNOS/c1-12(16-7-4-10-20-16)18(2)9-8-15(19)13-5-3-6-14(17)11-13/h3-7,10-12H,8-9H2,1-2H3. The lowest BCUT2D eigenvalue weighted by Gasteiger charge is -2.23. The van der Waals surface area contributed by atoms with Crippen molar-refractivity contribution in [2.24, 2.45) is 0 Å². The highest BCUT2D eigenvalue weighted by atomic mass is 32.1. The zero-order chi connectivity index (χ0) is 14.5. The Balaban J connectivity index is 1.90. The van der Waals surface area contributed by atoms with E-state index in [9.17, 15) is 9.18 Å². The number of ketones is 1. The van der Waals surface area contributed by atoms with E-state index in [4.69, 9.17) is 0 Å². The van der Waals surface area contributed by atoms with E-state index in [0.717, 1.165) is 0 Å². The number of carbonyl (C=O) groups is 1. The third kappa shape index (κ3) is 3.74. The maximum atomic E-state index is 13.1. The van der Waals surface area contributed by atoms with Crippen molar-refractivity contribution in [2.45, 2.75) is 19.4 Å². The Bertz CT molecular complexity index is 568. The first-order valence-electron chi connectivity index (χ1n) is 6.60. The second kappa shape index (κ2) is 6.77. The number of hydrogen-bond donors (Lipinski definition) is 0. The van der Waals surface area contributed by atoms with Gasteiger partial charge in [0.1, 0.15) is 5.82 Å². The molecule has 0 aliphatic carbocycles. The van der Waals surface area contributed by atoms with E-state index in [0.29, 0.717) is 18.5 Å². The van der Waals surface area contributed by atoms with Crippen molar-refractivity contribution >= 4 is 17.1 Å². The zero-order valence-electron chi connectivity index (χ0n) is 11.7. The van der Waals surface area contributed by atoms with Crippen molar-refractivity contribution in [3.05, 3.63) is 58.0 Å². The van der Waals surface area contributed by atoms with Gasteiger partial charge < -0.3 is 0 Å². The van der Waals surface area contributed by atoms with E-state index in [-0.39, 0.29) is 17.6 Å². The van der Waals surface area contributed by atoms with Crippen LogP contribution in [0.5, 0.6) is 0 Å². The summed E-state index contributed by atoms with van der Waals surface area (Å²) in [6.07, 6.45) is 0.398. The van der Waals surface area contributed by atoms with Gasteiger partial charge in [-0.05, 0) is 37.6 Å². The van der Waals surface area contributed by atoms with E-state index in [2.05, 4.69) is 23.3 Å². The Labute approximate surface area is 122 Å². The van der Waals surface area contributed by atoms with Crippen LogP contribution in [-0.2, 0) is 0 Å². The van der Waals surface area contributed by atoms with Crippen molar-refractivity contribution in [3.8, 4) is 0 Å². The lowest BCUT2D eigenvalue weighted by molar-refractivity contribution is 0.0962. The summed E-state index contributed by atoms with van der Waals surface area (Å²) in [4.78, 5) is 15.4. The Hall–Kier alpha value is -1.52. The van der Waals surface area contributed by atoms with Crippen molar-refractivity contribution in [1.29, 1.82) is 0 Å². The average molecular weight is 291 g/mol. The third-order valence-corrected chi connectivity index (χ3v) is 4.50. The minimum Gasteiger partial charge on any atom is -0.298 e. The van der Waals surface area contributed by atoms with E-state index in [1.165, 1.54) is 17.0 Å². The van der Waals surface area contributed by atoms with Crippen molar-refractivity contribution in [1.82, 2.24) is 4.90 Å². The van der Waals surface area contributed by atoms with Gasteiger partial charge in [0, 0.05) is 29.4 Å². The molecule has 1 aromatic heterocycles. The fourth-order valence-corrected chi connectivity index (χ4v) is 2.87. The number of hydrogen-bond acceptors (Lipinski definition) is 3. The molecule has 20 heavy (non-hydrogen) atoms. The smallest absolute Gasteiger partial charge is 0.164 e. The fraction of sp³-hybridized carbons (Fsp3) is 0.312. The Morgan fingerprint density at radius 3 is 2.80 bits per heavy atom. The number of nitrogens with zero attached hydrogens (tertiary/aromatic N) is 1. The maximum absolute atomic E-state index is 13.1. The monoisotopic (exact) mass is 291 g/mol. The highest BCUT2D eigenvalue weighted by molar-refractivity contribution is 7.10. The van der Waals surface area contributed by atoms with E-state index in [1.54, 1.807) is 23.5 Å². The lowest BCUT2D eigenvalue weighted by Crippen LogP contribution is -2.24.